The fourth-order valence-corrected chi connectivity index (χ4v) is 3.10. The van der Waals surface area contributed by atoms with E-state index < -0.39 is 0 Å². The average molecular weight is 383 g/mol. The van der Waals surface area contributed by atoms with Crippen LogP contribution in [-0.4, -0.2) is 47.3 Å². The molecule has 0 unspecified atom stereocenters. The molecule has 1 heterocycles. The van der Waals surface area contributed by atoms with Gasteiger partial charge in [0.1, 0.15) is 19.0 Å². The van der Waals surface area contributed by atoms with Gasteiger partial charge in [-0.2, -0.15) is 0 Å². The van der Waals surface area contributed by atoms with Crippen molar-refractivity contribution < 1.29 is 23.7 Å². The smallest absolute Gasteiger partial charge is 0.203 e. The highest BCUT2D eigenvalue weighted by molar-refractivity contribution is 6.11. The third-order valence-corrected chi connectivity index (χ3v) is 4.51. The zero-order valence-electron chi connectivity index (χ0n) is 16.9. The lowest BCUT2D eigenvalue weighted by Gasteiger charge is -2.21. The summed E-state index contributed by atoms with van der Waals surface area (Å²) >= 11 is 0. The number of hydrogen-bond donors (Lipinski definition) is 0. The van der Waals surface area contributed by atoms with Crippen molar-refractivity contribution in [2.75, 3.05) is 46.4 Å². The number of Topliss-reactive ketones (excluding diaryl/α,β-unsaturated/α-hetero) is 1. The zero-order valence-corrected chi connectivity index (χ0v) is 16.9. The number of rotatable bonds is 6. The van der Waals surface area contributed by atoms with Gasteiger partial charge < -0.3 is 23.8 Å². The van der Waals surface area contributed by atoms with E-state index in [2.05, 4.69) is 0 Å². The maximum Gasteiger partial charge on any atom is 0.203 e. The van der Waals surface area contributed by atoms with Crippen LogP contribution in [0.4, 0.5) is 5.69 Å². The van der Waals surface area contributed by atoms with Crippen LogP contribution in [0.5, 0.6) is 23.0 Å². The van der Waals surface area contributed by atoms with Crippen LogP contribution in [0.3, 0.4) is 0 Å². The van der Waals surface area contributed by atoms with E-state index in [-0.39, 0.29) is 5.78 Å². The Balaban J connectivity index is 1.93. The first kappa shape index (κ1) is 19.6. The molecule has 0 aliphatic carbocycles. The molecule has 0 saturated heterocycles. The zero-order chi connectivity index (χ0) is 20.3. The van der Waals surface area contributed by atoms with Crippen LogP contribution in [0.25, 0.3) is 6.08 Å². The maximum atomic E-state index is 13.0. The van der Waals surface area contributed by atoms with Crippen LogP contribution < -0.4 is 23.8 Å². The normalized spacial score (nSPS) is 13.1. The van der Waals surface area contributed by atoms with Crippen LogP contribution in [0, 0.1) is 0 Å². The van der Waals surface area contributed by atoms with Gasteiger partial charge in [0.05, 0.1) is 19.9 Å². The Kier molecular flexibility index (Phi) is 5.78. The molecule has 6 nitrogen and oxygen atoms in total. The monoisotopic (exact) mass is 383 g/mol. The topological polar surface area (TPSA) is 57.2 Å². The SMILES string of the molecule is COc1ccc(C(=O)/C(C)=C/c2cc(OC)c3c(c2)OCCO3)cc1N(C)C. The second kappa shape index (κ2) is 8.25. The largest absolute Gasteiger partial charge is 0.495 e. The molecule has 0 atom stereocenters. The molecule has 0 saturated carbocycles. The minimum Gasteiger partial charge on any atom is -0.495 e. The number of allylic oxidation sites excluding steroid dienone is 1. The predicted octanol–water partition coefficient (Wildman–Crippen LogP) is 3.83. The second-order valence-corrected chi connectivity index (χ2v) is 6.68. The molecule has 3 rings (SSSR count). The Morgan fingerprint density at radius 1 is 1.04 bits per heavy atom. The molecule has 2 aromatic carbocycles. The highest BCUT2D eigenvalue weighted by Crippen LogP contribution is 2.41. The van der Waals surface area contributed by atoms with Crippen molar-refractivity contribution >= 4 is 17.5 Å². The molecule has 0 radical (unpaired) electrons. The number of nitrogens with zero attached hydrogens (tertiary/aromatic N) is 1. The Hall–Kier alpha value is -3.15. The number of hydrogen-bond acceptors (Lipinski definition) is 6. The fourth-order valence-electron chi connectivity index (χ4n) is 3.10. The van der Waals surface area contributed by atoms with Crippen LogP contribution in [0.1, 0.15) is 22.8 Å². The Morgan fingerprint density at radius 2 is 1.75 bits per heavy atom. The van der Waals surface area contributed by atoms with Crippen molar-refractivity contribution in [2.45, 2.75) is 6.92 Å². The number of carbonyl (C=O) groups excluding carboxylic acids is 1. The van der Waals surface area contributed by atoms with Crippen LogP contribution in [0.2, 0.25) is 0 Å². The third kappa shape index (κ3) is 3.91. The number of ketones is 1. The van der Waals surface area contributed by atoms with E-state index in [0.717, 1.165) is 17.0 Å². The Labute approximate surface area is 165 Å². The van der Waals surface area contributed by atoms with Gasteiger partial charge in [-0.25, -0.2) is 0 Å². The summed E-state index contributed by atoms with van der Waals surface area (Å²) in [4.78, 5) is 14.9. The van der Waals surface area contributed by atoms with E-state index in [1.54, 1.807) is 27.2 Å². The summed E-state index contributed by atoms with van der Waals surface area (Å²) in [7, 11) is 7.02. The number of fused-ring (bicyclic) bond motifs is 1. The lowest BCUT2D eigenvalue weighted by Crippen LogP contribution is -2.16. The molecule has 0 bridgehead atoms. The highest BCUT2D eigenvalue weighted by atomic mass is 16.6. The van der Waals surface area contributed by atoms with E-state index in [4.69, 9.17) is 18.9 Å². The van der Waals surface area contributed by atoms with Gasteiger partial charge in [0.2, 0.25) is 5.75 Å². The van der Waals surface area contributed by atoms with Crippen LogP contribution >= 0.6 is 0 Å². The molecular weight excluding hydrogens is 358 g/mol. The molecule has 6 heteroatoms. The first-order valence-electron chi connectivity index (χ1n) is 9.00. The summed E-state index contributed by atoms with van der Waals surface area (Å²) in [5, 5.41) is 0. The van der Waals surface area contributed by atoms with E-state index in [0.29, 0.717) is 41.6 Å². The Morgan fingerprint density at radius 3 is 2.43 bits per heavy atom. The van der Waals surface area contributed by atoms with Crippen molar-refractivity contribution in [3.8, 4) is 23.0 Å². The number of benzene rings is 2. The van der Waals surface area contributed by atoms with E-state index in [1.807, 2.05) is 49.3 Å². The molecule has 1 aliphatic heterocycles. The number of carbonyl (C=O) groups is 1. The number of anilines is 1. The van der Waals surface area contributed by atoms with Crippen molar-refractivity contribution in [1.82, 2.24) is 0 Å². The van der Waals surface area contributed by atoms with Gasteiger partial charge in [-0.05, 0) is 54.5 Å². The van der Waals surface area contributed by atoms with Crippen molar-refractivity contribution in [3.05, 3.63) is 47.0 Å². The predicted molar refractivity (Wildman–Crippen MR) is 109 cm³/mol. The quantitative estimate of drug-likeness (QED) is 0.558. The first-order chi connectivity index (χ1) is 13.4. The van der Waals surface area contributed by atoms with Gasteiger partial charge in [-0.1, -0.05) is 0 Å². The molecule has 148 valence electrons. The van der Waals surface area contributed by atoms with Crippen LogP contribution in [0.15, 0.2) is 35.9 Å². The number of methoxy groups -OCH3 is 2. The fraction of sp³-hybridized carbons (Fsp3) is 0.318. The van der Waals surface area contributed by atoms with Gasteiger partial charge >= 0.3 is 0 Å². The summed E-state index contributed by atoms with van der Waals surface area (Å²) < 4.78 is 22.1. The first-order valence-corrected chi connectivity index (χ1v) is 9.00. The molecule has 2 aromatic rings. The Bertz CT molecular complexity index is 900. The molecule has 28 heavy (non-hydrogen) atoms. The summed E-state index contributed by atoms with van der Waals surface area (Å²) in [5.41, 5.74) is 2.87. The van der Waals surface area contributed by atoms with Crippen molar-refractivity contribution in [1.29, 1.82) is 0 Å². The maximum absolute atomic E-state index is 13.0. The van der Waals surface area contributed by atoms with E-state index in [1.165, 1.54) is 0 Å². The summed E-state index contributed by atoms with van der Waals surface area (Å²) in [6, 6.07) is 9.11. The molecule has 0 spiro atoms. The van der Waals surface area contributed by atoms with E-state index >= 15 is 0 Å². The standard InChI is InChI=1S/C22H25NO5/c1-14(21(24)16-6-7-18(25-4)17(13-16)23(2)3)10-15-11-19(26-5)22-20(12-15)27-8-9-28-22/h6-7,10-13H,8-9H2,1-5H3/b14-10+. The summed E-state index contributed by atoms with van der Waals surface area (Å²) in [6.07, 6.45) is 1.82. The van der Waals surface area contributed by atoms with Crippen molar-refractivity contribution in [3.63, 3.8) is 0 Å². The van der Waals surface area contributed by atoms with Gasteiger partial charge in [-0.3, -0.25) is 4.79 Å². The van der Waals surface area contributed by atoms with E-state index in [9.17, 15) is 4.79 Å². The minimum atomic E-state index is -0.0559. The third-order valence-electron chi connectivity index (χ3n) is 4.51. The lowest BCUT2D eigenvalue weighted by molar-refractivity contribution is 0.103. The van der Waals surface area contributed by atoms with Gasteiger partial charge in [0, 0.05) is 19.7 Å². The number of ether oxygens (including phenoxy) is 4. The van der Waals surface area contributed by atoms with Crippen LogP contribution in [-0.2, 0) is 0 Å². The molecular formula is C22H25NO5. The molecule has 0 amide bonds. The summed E-state index contributed by atoms with van der Waals surface area (Å²) in [6.45, 7) is 2.77. The van der Waals surface area contributed by atoms with Gasteiger partial charge in [-0.15, -0.1) is 0 Å². The molecule has 0 aromatic heterocycles. The molecule has 0 fully saturated rings. The molecule has 0 N–H and O–H groups in total. The minimum absolute atomic E-state index is 0.0559. The lowest BCUT2D eigenvalue weighted by atomic mass is 10.0. The summed E-state index contributed by atoms with van der Waals surface area (Å²) in [5.74, 6) is 2.47. The second-order valence-electron chi connectivity index (χ2n) is 6.68. The van der Waals surface area contributed by atoms with Crippen molar-refractivity contribution in [2.24, 2.45) is 0 Å². The van der Waals surface area contributed by atoms with Gasteiger partial charge in [0.25, 0.3) is 0 Å². The highest BCUT2D eigenvalue weighted by Gasteiger charge is 2.19. The average Bonchev–Trinajstić information content (AvgIpc) is 2.71. The molecule has 1 aliphatic rings. The van der Waals surface area contributed by atoms with Gasteiger partial charge in [0.15, 0.2) is 17.3 Å².